The van der Waals surface area contributed by atoms with Gasteiger partial charge in [0, 0.05) is 5.56 Å². The zero-order valence-corrected chi connectivity index (χ0v) is 13.3. The average Bonchev–Trinajstić information content (AvgIpc) is 2.59. The van der Waals surface area contributed by atoms with E-state index >= 15 is 0 Å². The first-order chi connectivity index (χ1) is 11.1. The number of carbonyl (C=O) groups excluding carboxylic acids is 1. The molecule has 2 aromatic carbocycles. The van der Waals surface area contributed by atoms with Crippen molar-refractivity contribution >= 4 is 5.91 Å². The van der Waals surface area contributed by atoms with E-state index in [1.54, 1.807) is 25.1 Å². The molecule has 23 heavy (non-hydrogen) atoms. The second kappa shape index (κ2) is 7.57. The Morgan fingerprint density at radius 2 is 1.96 bits per heavy atom. The maximum absolute atomic E-state index is 12.4. The summed E-state index contributed by atoms with van der Waals surface area (Å²) in [6.45, 7) is 3.69. The first kappa shape index (κ1) is 16.7. The molecule has 4 nitrogen and oxygen atoms in total. The van der Waals surface area contributed by atoms with E-state index in [4.69, 9.17) is 5.26 Å². The number of nitrogens with one attached hydrogen (secondary N) is 1. The van der Waals surface area contributed by atoms with E-state index in [0.717, 1.165) is 17.5 Å². The first-order valence-corrected chi connectivity index (χ1v) is 7.60. The summed E-state index contributed by atoms with van der Waals surface area (Å²) in [6, 6.07) is 14.4. The third-order valence-electron chi connectivity index (χ3n) is 3.88. The van der Waals surface area contributed by atoms with Gasteiger partial charge in [-0.15, -0.1) is 0 Å². The molecule has 0 aliphatic rings. The van der Waals surface area contributed by atoms with Crippen molar-refractivity contribution in [2.75, 3.05) is 6.61 Å². The first-order valence-electron chi connectivity index (χ1n) is 7.60. The Bertz CT molecular complexity index is 730. The van der Waals surface area contributed by atoms with E-state index in [-0.39, 0.29) is 12.5 Å². The number of benzene rings is 2. The highest BCUT2D eigenvalue weighted by Crippen LogP contribution is 2.16. The Balaban J connectivity index is 2.17. The van der Waals surface area contributed by atoms with Gasteiger partial charge < -0.3 is 10.4 Å². The summed E-state index contributed by atoms with van der Waals surface area (Å²) in [4.78, 5) is 12.4. The molecule has 4 heteroatoms. The van der Waals surface area contributed by atoms with E-state index in [9.17, 15) is 9.90 Å². The van der Waals surface area contributed by atoms with Crippen LogP contribution in [-0.2, 0) is 6.42 Å². The maximum Gasteiger partial charge on any atom is 0.252 e. The van der Waals surface area contributed by atoms with Gasteiger partial charge in [0.2, 0.25) is 0 Å². The minimum Gasteiger partial charge on any atom is -0.394 e. The fourth-order valence-corrected chi connectivity index (χ4v) is 2.44. The molecule has 0 saturated heterocycles. The summed E-state index contributed by atoms with van der Waals surface area (Å²) in [5.74, 6) is -0.259. The van der Waals surface area contributed by atoms with Crippen LogP contribution in [-0.4, -0.2) is 17.6 Å². The van der Waals surface area contributed by atoms with Crippen LogP contribution in [0.5, 0.6) is 0 Å². The minimum absolute atomic E-state index is 0.174. The smallest absolute Gasteiger partial charge is 0.252 e. The van der Waals surface area contributed by atoms with Crippen molar-refractivity contribution in [1.29, 1.82) is 5.26 Å². The summed E-state index contributed by atoms with van der Waals surface area (Å²) >= 11 is 0. The lowest BCUT2D eigenvalue weighted by Crippen LogP contribution is -2.31. The highest BCUT2D eigenvalue weighted by molar-refractivity contribution is 5.96. The summed E-state index contributed by atoms with van der Waals surface area (Å²) in [5, 5.41) is 21.3. The molecular formula is C19H20N2O2. The Morgan fingerprint density at radius 1 is 1.26 bits per heavy atom. The van der Waals surface area contributed by atoms with Gasteiger partial charge in [0.1, 0.15) is 0 Å². The quantitative estimate of drug-likeness (QED) is 0.892. The molecular weight excluding hydrogens is 288 g/mol. The fourth-order valence-electron chi connectivity index (χ4n) is 2.44. The summed E-state index contributed by atoms with van der Waals surface area (Å²) < 4.78 is 0. The fraction of sp³-hybridized carbons (Fsp3) is 0.263. The molecule has 2 N–H and O–H groups in total. The van der Waals surface area contributed by atoms with Crippen LogP contribution in [0.2, 0.25) is 0 Å². The largest absolute Gasteiger partial charge is 0.394 e. The number of hydrogen-bond donors (Lipinski definition) is 2. The standard InChI is InChI=1S/C19H20N2O2/c1-3-14-4-7-16(8-5-14)18(12-22)21-19(23)17-9-6-15(11-20)10-13(17)2/h4-10,18,22H,3,12H2,1-2H3,(H,21,23). The third-order valence-corrected chi connectivity index (χ3v) is 3.88. The van der Waals surface area contributed by atoms with Crippen LogP contribution in [0.4, 0.5) is 0 Å². The van der Waals surface area contributed by atoms with Crippen molar-refractivity contribution < 1.29 is 9.90 Å². The molecule has 0 bridgehead atoms. The normalized spacial score (nSPS) is 11.6. The number of aliphatic hydroxyl groups excluding tert-OH is 1. The van der Waals surface area contributed by atoms with E-state index in [0.29, 0.717) is 11.1 Å². The molecule has 0 aromatic heterocycles. The second-order valence-electron chi connectivity index (χ2n) is 5.45. The lowest BCUT2D eigenvalue weighted by Gasteiger charge is -2.18. The SMILES string of the molecule is CCc1ccc(C(CO)NC(=O)c2ccc(C#N)cc2C)cc1. The number of rotatable bonds is 5. The van der Waals surface area contributed by atoms with Gasteiger partial charge in [-0.25, -0.2) is 0 Å². The summed E-state index contributed by atoms with van der Waals surface area (Å²) in [5.41, 5.74) is 3.84. The Morgan fingerprint density at radius 3 is 2.48 bits per heavy atom. The van der Waals surface area contributed by atoms with Gasteiger partial charge in [0.15, 0.2) is 0 Å². The lowest BCUT2D eigenvalue weighted by molar-refractivity contribution is 0.0915. The predicted octanol–water partition coefficient (Wildman–Crippen LogP) is 2.89. The van der Waals surface area contributed by atoms with Crippen molar-refractivity contribution in [2.45, 2.75) is 26.3 Å². The zero-order valence-electron chi connectivity index (χ0n) is 13.3. The van der Waals surface area contributed by atoms with E-state index in [1.165, 1.54) is 5.56 Å². The maximum atomic E-state index is 12.4. The average molecular weight is 308 g/mol. The number of hydrogen-bond acceptors (Lipinski definition) is 3. The molecule has 0 spiro atoms. The molecule has 118 valence electrons. The van der Waals surface area contributed by atoms with Gasteiger partial charge in [0.05, 0.1) is 24.3 Å². The van der Waals surface area contributed by atoms with Crippen LogP contribution in [0.3, 0.4) is 0 Å². The molecule has 0 aliphatic heterocycles. The molecule has 1 atom stereocenters. The van der Waals surface area contributed by atoms with Crippen LogP contribution >= 0.6 is 0 Å². The summed E-state index contributed by atoms with van der Waals surface area (Å²) in [6.07, 6.45) is 0.945. The Labute approximate surface area is 136 Å². The van der Waals surface area contributed by atoms with Gasteiger partial charge in [-0.05, 0) is 48.2 Å². The van der Waals surface area contributed by atoms with Crippen molar-refractivity contribution in [1.82, 2.24) is 5.32 Å². The number of amides is 1. The number of nitrogens with zero attached hydrogens (tertiary/aromatic N) is 1. The summed E-state index contributed by atoms with van der Waals surface area (Å²) in [7, 11) is 0. The topological polar surface area (TPSA) is 73.1 Å². The Kier molecular flexibility index (Phi) is 5.51. The zero-order chi connectivity index (χ0) is 16.8. The van der Waals surface area contributed by atoms with Crippen LogP contribution in [0.15, 0.2) is 42.5 Å². The molecule has 0 fully saturated rings. The molecule has 0 radical (unpaired) electrons. The molecule has 1 unspecified atom stereocenters. The van der Waals surface area contributed by atoms with Crippen LogP contribution in [0.1, 0.15) is 45.6 Å². The number of aliphatic hydroxyl groups is 1. The lowest BCUT2D eigenvalue weighted by atomic mass is 10.0. The van der Waals surface area contributed by atoms with Gasteiger partial charge in [-0.2, -0.15) is 5.26 Å². The minimum atomic E-state index is -0.455. The Hall–Kier alpha value is -2.64. The number of aryl methyl sites for hydroxylation is 2. The van der Waals surface area contributed by atoms with Crippen LogP contribution < -0.4 is 5.32 Å². The van der Waals surface area contributed by atoms with Crippen LogP contribution in [0, 0.1) is 18.3 Å². The molecule has 1 amide bonds. The van der Waals surface area contributed by atoms with Crippen molar-refractivity contribution in [2.24, 2.45) is 0 Å². The second-order valence-corrected chi connectivity index (χ2v) is 5.45. The highest BCUT2D eigenvalue weighted by atomic mass is 16.3. The van der Waals surface area contributed by atoms with Gasteiger partial charge in [-0.3, -0.25) is 4.79 Å². The van der Waals surface area contributed by atoms with Gasteiger partial charge >= 0.3 is 0 Å². The van der Waals surface area contributed by atoms with Crippen molar-refractivity contribution in [3.63, 3.8) is 0 Å². The van der Waals surface area contributed by atoms with Crippen LogP contribution in [0.25, 0.3) is 0 Å². The monoisotopic (exact) mass is 308 g/mol. The molecule has 2 rings (SSSR count). The highest BCUT2D eigenvalue weighted by Gasteiger charge is 2.16. The van der Waals surface area contributed by atoms with E-state index in [1.807, 2.05) is 24.3 Å². The number of nitriles is 1. The van der Waals surface area contributed by atoms with Gasteiger partial charge in [0.25, 0.3) is 5.91 Å². The van der Waals surface area contributed by atoms with Crippen molar-refractivity contribution in [3.05, 3.63) is 70.3 Å². The predicted molar refractivity (Wildman–Crippen MR) is 89.0 cm³/mol. The molecule has 2 aromatic rings. The molecule has 0 aliphatic carbocycles. The van der Waals surface area contributed by atoms with Gasteiger partial charge in [-0.1, -0.05) is 31.2 Å². The molecule has 0 saturated carbocycles. The van der Waals surface area contributed by atoms with Crippen molar-refractivity contribution in [3.8, 4) is 6.07 Å². The van der Waals surface area contributed by atoms with E-state index < -0.39 is 6.04 Å². The van der Waals surface area contributed by atoms with E-state index in [2.05, 4.69) is 18.3 Å². The number of carbonyl (C=O) groups is 1. The third kappa shape index (κ3) is 3.97. The molecule has 0 heterocycles.